The molecule has 0 fully saturated rings. The van der Waals surface area contributed by atoms with Crippen molar-refractivity contribution < 1.29 is 9.53 Å². The molecule has 1 atom stereocenters. The lowest BCUT2D eigenvalue weighted by Gasteiger charge is -2.15. The molecule has 0 aliphatic rings. The molecule has 1 amide bonds. The number of carbonyl (C=O) groups excluding carboxylic acids is 1. The molecule has 2 N–H and O–H groups in total. The Balaban J connectivity index is 1.69. The third kappa shape index (κ3) is 7.18. The SMILES string of the molecule is CCCCCCOc1ccc(NCC(=O)NC(C)c2ccccc2)cc1. The topological polar surface area (TPSA) is 50.4 Å². The average Bonchev–Trinajstić information content (AvgIpc) is 2.68. The first kappa shape index (κ1) is 19.8. The Hall–Kier alpha value is -2.49. The van der Waals surface area contributed by atoms with Crippen LogP contribution in [0.5, 0.6) is 5.75 Å². The van der Waals surface area contributed by atoms with Crippen LogP contribution in [0, 0.1) is 0 Å². The number of hydrogen-bond acceptors (Lipinski definition) is 3. The molecule has 140 valence electrons. The van der Waals surface area contributed by atoms with Gasteiger partial charge in [0, 0.05) is 5.69 Å². The Morgan fingerprint density at radius 1 is 1.00 bits per heavy atom. The zero-order valence-electron chi connectivity index (χ0n) is 15.8. The molecule has 1 unspecified atom stereocenters. The van der Waals surface area contributed by atoms with Crippen LogP contribution in [0.3, 0.4) is 0 Å². The summed E-state index contributed by atoms with van der Waals surface area (Å²) in [6, 6.07) is 17.7. The van der Waals surface area contributed by atoms with Gasteiger partial charge in [0.05, 0.1) is 19.2 Å². The highest BCUT2D eigenvalue weighted by atomic mass is 16.5. The van der Waals surface area contributed by atoms with E-state index >= 15 is 0 Å². The monoisotopic (exact) mass is 354 g/mol. The fourth-order valence-electron chi connectivity index (χ4n) is 2.69. The number of rotatable bonds is 11. The van der Waals surface area contributed by atoms with Crippen LogP contribution < -0.4 is 15.4 Å². The summed E-state index contributed by atoms with van der Waals surface area (Å²) in [7, 11) is 0. The molecule has 0 saturated heterocycles. The fourth-order valence-corrected chi connectivity index (χ4v) is 2.69. The summed E-state index contributed by atoms with van der Waals surface area (Å²) in [5.41, 5.74) is 2.01. The number of benzene rings is 2. The van der Waals surface area contributed by atoms with Gasteiger partial charge in [0.1, 0.15) is 5.75 Å². The van der Waals surface area contributed by atoms with Crippen molar-refractivity contribution in [1.29, 1.82) is 0 Å². The highest BCUT2D eigenvalue weighted by Crippen LogP contribution is 2.16. The molecular weight excluding hydrogens is 324 g/mol. The average molecular weight is 354 g/mol. The van der Waals surface area contributed by atoms with Gasteiger partial charge in [-0.05, 0) is 43.2 Å². The fraction of sp³-hybridized carbons (Fsp3) is 0.409. The van der Waals surface area contributed by atoms with Crippen molar-refractivity contribution in [2.24, 2.45) is 0 Å². The minimum absolute atomic E-state index is 0.00557. The summed E-state index contributed by atoms with van der Waals surface area (Å²) in [4.78, 5) is 12.1. The predicted octanol–water partition coefficient (Wildman–Crippen LogP) is 4.94. The van der Waals surface area contributed by atoms with Gasteiger partial charge in [-0.15, -0.1) is 0 Å². The maximum absolute atomic E-state index is 12.1. The van der Waals surface area contributed by atoms with Crippen LogP contribution in [0.4, 0.5) is 5.69 Å². The second-order valence-electron chi connectivity index (χ2n) is 6.49. The van der Waals surface area contributed by atoms with E-state index in [9.17, 15) is 4.79 Å². The zero-order chi connectivity index (χ0) is 18.6. The van der Waals surface area contributed by atoms with Crippen LogP contribution in [0.2, 0.25) is 0 Å². The Kier molecular flexibility index (Phi) is 8.53. The smallest absolute Gasteiger partial charge is 0.239 e. The third-order valence-electron chi connectivity index (χ3n) is 4.25. The number of anilines is 1. The van der Waals surface area contributed by atoms with E-state index in [1.54, 1.807) is 0 Å². The third-order valence-corrected chi connectivity index (χ3v) is 4.25. The van der Waals surface area contributed by atoms with Crippen molar-refractivity contribution in [3.63, 3.8) is 0 Å². The molecule has 0 radical (unpaired) electrons. The summed E-state index contributed by atoms with van der Waals surface area (Å²) in [5.74, 6) is 0.840. The maximum atomic E-state index is 12.1. The Bertz CT molecular complexity index is 641. The second kappa shape index (κ2) is 11.2. The first-order valence-electron chi connectivity index (χ1n) is 9.50. The summed E-state index contributed by atoms with van der Waals surface area (Å²) in [6.07, 6.45) is 4.80. The van der Waals surface area contributed by atoms with Crippen molar-refractivity contribution in [2.45, 2.75) is 45.6 Å². The molecule has 0 bridgehead atoms. The molecule has 26 heavy (non-hydrogen) atoms. The lowest BCUT2D eigenvalue weighted by atomic mass is 10.1. The normalized spacial score (nSPS) is 11.6. The van der Waals surface area contributed by atoms with Crippen molar-refractivity contribution >= 4 is 11.6 Å². The van der Waals surface area contributed by atoms with E-state index < -0.39 is 0 Å². The Morgan fingerprint density at radius 2 is 1.73 bits per heavy atom. The van der Waals surface area contributed by atoms with Crippen LogP contribution in [-0.2, 0) is 4.79 Å². The van der Waals surface area contributed by atoms with Gasteiger partial charge in [-0.25, -0.2) is 0 Å². The number of carbonyl (C=O) groups is 1. The summed E-state index contributed by atoms with van der Waals surface area (Å²) >= 11 is 0. The molecular formula is C22H30N2O2. The van der Waals surface area contributed by atoms with Crippen molar-refractivity contribution in [3.8, 4) is 5.75 Å². The molecule has 0 heterocycles. The van der Waals surface area contributed by atoms with Gasteiger partial charge in [-0.3, -0.25) is 4.79 Å². The molecule has 0 aromatic heterocycles. The molecule has 0 spiro atoms. The largest absolute Gasteiger partial charge is 0.494 e. The predicted molar refractivity (Wildman–Crippen MR) is 108 cm³/mol. The van der Waals surface area contributed by atoms with Crippen molar-refractivity contribution in [3.05, 3.63) is 60.2 Å². The lowest BCUT2D eigenvalue weighted by Crippen LogP contribution is -2.32. The van der Waals surface area contributed by atoms with Gasteiger partial charge >= 0.3 is 0 Å². The van der Waals surface area contributed by atoms with E-state index in [2.05, 4.69) is 17.6 Å². The van der Waals surface area contributed by atoms with Crippen LogP contribution in [0.1, 0.15) is 51.1 Å². The summed E-state index contributed by atoms with van der Waals surface area (Å²) < 4.78 is 5.73. The second-order valence-corrected chi connectivity index (χ2v) is 6.49. The van der Waals surface area contributed by atoms with Gasteiger partial charge in [-0.2, -0.15) is 0 Å². The number of nitrogens with one attached hydrogen (secondary N) is 2. The van der Waals surface area contributed by atoms with Crippen LogP contribution in [-0.4, -0.2) is 19.1 Å². The highest BCUT2D eigenvalue weighted by molar-refractivity contribution is 5.81. The van der Waals surface area contributed by atoms with E-state index in [0.29, 0.717) is 0 Å². The minimum Gasteiger partial charge on any atom is -0.494 e. The van der Waals surface area contributed by atoms with Crippen LogP contribution >= 0.6 is 0 Å². The molecule has 4 heteroatoms. The van der Waals surface area contributed by atoms with Gasteiger partial charge in [0.2, 0.25) is 5.91 Å². The van der Waals surface area contributed by atoms with Crippen LogP contribution in [0.25, 0.3) is 0 Å². The van der Waals surface area contributed by atoms with Gasteiger partial charge in [0.25, 0.3) is 0 Å². The molecule has 2 aromatic carbocycles. The molecule has 0 saturated carbocycles. The Morgan fingerprint density at radius 3 is 2.42 bits per heavy atom. The van der Waals surface area contributed by atoms with E-state index in [4.69, 9.17) is 4.74 Å². The van der Waals surface area contributed by atoms with Crippen molar-refractivity contribution in [2.75, 3.05) is 18.5 Å². The first-order valence-corrected chi connectivity index (χ1v) is 9.50. The standard InChI is InChI=1S/C22H30N2O2/c1-3-4-5-9-16-26-21-14-12-20(13-15-21)23-17-22(25)24-18(2)19-10-7-6-8-11-19/h6-8,10-15,18,23H,3-5,9,16-17H2,1-2H3,(H,24,25). The molecule has 2 rings (SSSR count). The molecule has 2 aromatic rings. The minimum atomic E-state index is -0.0300. The molecule has 4 nitrogen and oxygen atoms in total. The van der Waals surface area contributed by atoms with Gasteiger partial charge in [0.15, 0.2) is 0 Å². The van der Waals surface area contributed by atoms with Gasteiger partial charge in [-0.1, -0.05) is 56.5 Å². The molecule has 0 aliphatic heterocycles. The number of amides is 1. The quantitative estimate of drug-likeness (QED) is 0.562. The number of ether oxygens (including phenoxy) is 1. The summed E-state index contributed by atoms with van der Waals surface area (Å²) in [6.45, 7) is 5.19. The number of hydrogen-bond donors (Lipinski definition) is 2. The Labute approximate surface area is 157 Å². The number of unbranched alkanes of at least 4 members (excludes halogenated alkanes) is 3. The summed E-state index contributed by atoms with van der Waals surface area (Å²) in [5, 5.41) is 6.14. The first-order chi connectivity index (χ1) is 12.7. The van der Waals surface area contributed by atoms with Gasteiger partial charge < -0.3 is 15.4 Å². The zero-order valence-corrected chi connectivity index (χ0v) is 15.8. The van der Waals surface area contributed by atoms with E-state index in [1.165, 1.54) is 19.3 Å². The maximum Gasteiger partial charge on any atom is 0.239 e. The van der Waals surface area contributed by atoms with Crippen molar-refractivity contribution in [1.82, 2.24) is 5.32 Å². The molecule has 0 aliphatic carbocycles. The lowest BCUT2D eigenvalue weighted by molar-refractivity contribution is -0.120. The van der Waals surface area contributed by atoms with E-state index in [1.807, 2.05) is 61.5 Å². The van der Waals surface area contributed by atoms with E-state index in [0.717, 1.165) is 30.0 Å². The highest BCUT2D eigenvalue weighted by Gasteiger charge is 2.08. The van der Waals surface area contributed by atoms with Crippen LogP contribution in [0.15, 0.2) is 54.6 Å². The van der Waals surface area contributed by atoms with E-state index in [-0.39, 0.29) is 18.5 Å².